The minimum absolute atomic E-state index is 0.0917. The van der Waals surface area contributed by atoms with Gasteiger partial charge in [0.2, 0.25) is 10.0 Å². The Balaban J connectivity index is 2.37. The average molecular weight is 292 g/mol. The summed E-state index contributed by atoms with van der Waals surface area (Å²) in [6.07, 6.45) is -2.07. The molecule has 0 aromatic heterocycles. The number of β-amino-alcohol motifs (C(OH)–C–C–N with tert-alkyl or cyclic N) is 2. The van der Waals surface area contributed by atoms with Gasteiger partial charge in [0.1, 0.15) is 0 Å². The maximum absolute atomic E-state index is 12.3. The van der Waals surface area contributed by atoms with Gasteiger partial charge in [0.25, 0.3) is 0 Å². The van der Waals surface area contributed by atoms with Crippen LogP contribution in [0.2, 0.25) is 5.02 Å². The van der Waals surface area contributed by atoms with Crippen LogP contribution >= 0.6 is 11.6 Å². The molecular weight excluding hydrogens is 278 g/mol. The Morgan fingerprint density at radius 1 is 1.28 bits per heavy atom. The first-order valence-corrected chi connectivity index (χ1v) is 7.26. The minimum Gasteiger partial charge on any atom is -0.389 e. The van der Waals surface area contributed by atoms with E-state index in [1.54, 1.807) is 13.0 Å². The average Bonchev–Trinajstić information content (AvgIpc) is 2.59. The van der Waals surface area contributed by atoms with Crippen LogP contribution in [-0.4, -0.2) is 48.2 Å². The first kappa shape index (κ1) is 13.8. The standard InChI is InChI=1S/C11H14ClNO4S/c1-7-4-8(12)2-3-11(7)18(16,17)13-5-9(14)10(15)6-13/h2-4,9-10,14-15H,5-6H2,1H3/t9-,10+. The van der Waals surface area contributed by atoms with Crippen molar-refractivity contribution in [2.75, 3.05) is 13.1 Å². The quantitative estimate of drug-likeness (QED) is 0.825. The molecule has 0 unspecified atom stereocenters. The van der Waals surface area contributed by atoms with Crippen LogP contribution in [0.3, 0.4) is 0 Å². The van der Waals surface area contributed by atoms with Gasteiger partial charge in [-0.3, -0.25) is 0 Å². The molecule has 2 rings (SSSR count). The van der Waals surface area contributed by atoms with E-state index in [0.29, 0.717) is 10.6 Å². The van der Waals surface area contributed by atoms with Crippen LogP contribution in [0.25, 0.3) is 0 Å². The summed E-state index contributed by atoms with van der Waals surface area (Å²) in [6.45, 7) is 1.47. The predicted molar refractivity (Wildman–Crippen MR) is 67.0 cm³/mol. The van der Waals surface area contributed by atoms with Gasteiger partial charge in [-0.05, 0) is 30.7 Å². The summed E-state index contributed by atoms with van der Waals surface area (Å²) in [5.74, 6) is 0. The van der Waals surface area contributed by atoms with E-state index >= 15 is 0 Å². The second-order valence-electron chi connectivity index (χ2n) is 4.37. The highest BCUT2D eigenvalue weighted by molar-refractivity contribution is 7.89. The molecule has 1 aliphatic rings. The summed E-state index contributed by atoms with van der Waals surface area (Å²) >= 11 is 5.78. The summed E-state index contributed by atoms with van der Waals surface area (Å²) in [4.78, 5) is 0.146. The highest BCUT2D eigenvalue weighted by Gasteiger charge is 2.37. The van der Waals surface area contributed by atoms with Crippen LogP contribution in [-0.2, 0) is 10.0 Å². The highest BCUT2D eigenvalue weighted by atomic mass is 35.5. The number of aryl methyl sites for hydroxylation is 1. The SMILES string of the molecule is Cc1cc(Cl)ccc1S(=O)(=O)N1C[C@@H](O)[C@@H](O)C1. The van der Waals surface area contributed by atoms with Crippen LogP contribution in [0.1, 0.15) is 5.56 Å². The molecule has 0 aliphatic carbocycles. The topological polar surface area (TPSA) is 77.8 Å². The molecule has 1 aromatic rings. The highest BCUT2D eigenvalue weighted by Crippen LogP contribution is 2.25. The number of aliphatic hydroxyl groups excluding tert-OH is 2. The van der Waals surface area contributed by atoms with Crippen molar-refractivity contribution in [1.29, 1.82) is 0 Å². The van der Waals surface area contributed by atoms with Gasteiger partial charge in [0.15, 0.2) is 0 Å². The lowest BCUT2D eigenvalue weighted by Gasteiger charge is -2.17. The van der Waals surface area contributed by atoms with Crippen molar-refractivity contribution < 1.29 is 18.6 Å². The van der Waals surface area contributed by atoms with E-state index in [4.69, 9.17) is 11.6 Å². The number of aliphatic hydroxyl groups is 2. The second kappa shape index (κ2) is 4.79. The second-order valence-corrected chi connectivity index (χ2v) is 6.71. The molecule has 0 amide bonds. The van der Waals surface area contributed by atoms with E-state index < -0.39 is 22.2 Å². The molecule has 1 aromatic carbocycles. The molecule has 0 saturated carbocycles. The van der Waals surface area contributed by atoms with Crippen molar-refractivity contribution in [3.05, 3.63) is 28.8 Å². The third kappa shape index (κ3) is 2.39. The molecule has 0 bridgehead atoms. The fourth-order valence-electron chi connectivity index (χ4n) is 1.97. The van der Waals surface area contributed by atoms with Gasteiger partial charge < -0.3 is 10.2 Å². The smallest absolute Gasteiger partial charge is 0.243 e. The first-order chi connectivity index (χ1) is 8.32. The molecule has 5 nitrogen and oxygen atoms in total. The molecule has 1 heterocycles. The fraction of sp³-hybridized carbons (Fsp3) is 0.455. The van der Waals surface area contributed by atoms with Gasteiger partial charge in [0.05, 0.1) is 17.1 Å². The number of halogens is 1. The largest absolute Gasteiger partial charge is 0.389 e. The van der Waals surface area contributed by atoms with Crippen LogP contribution in [0.5, 0.6) is 0 Å². The van der Waals surface area contributed by atoms with Gasteiger partial charge >= 0.3 is 0 Å². The molecular formula is C11H14ClNO4S. The van der Waals surface area contributed by atoms with Crippen molar-refractivity contribution in [3.63, 3.8) is 0 Å². The van der Waals surface area contributed by atoms with Gasteiger partial charge in [-0.15, -0.1) is 0 Å². The summed E-state index contributed by atoms with van der Waals surface area (Å²) in [6, 6.07) is 4.51. The maximum Gasteiger partial charge on any atom is 0.243 e. The zero-order valence-electron chi connectivity index (χ0n) is 9.75. The van der Waals surface area contributed by atoms with E-state index in [0.717, 1.165) is 4.31 Å². The molecule has 18 heavy (non-hydrogen) atoms. The van der Waals surface area contributed by atoms with Crippen LogP contribution in [0.15, 0.2) is 23.1 Å². The van der Waals surface area contributed by atoms with Gasteiger partial charge in [0, 0.05) is 18.1 Å². The van der Waals surface area contributed by atoms with E-state index in [1.165, 1.54) is 12.1 Å². The van der Waals surface area contributed by atoms with Crippen molar-refractivity contribution in [1.82, 2.24) is 4.31 Å². The lowest BCUT2D eigenvalue weighted by molar-refractivity contribution is 0.0572. The molecule has 2 atom stereocenters. The molecule has 2 N–H and O–H groups in total. The Hall–Kier alpha value is -0.660. The third-order valence-electron chi connectivity index (χ3n) is 2.98. The molecule has 0 radical (unpaired) electrons. The normalized spacial score (nSPS) is 25.6. The Morgan fingerprint density at radius 3 is 2.33 bits per heavy atom. The van der Waals surface area contributed by atoms with E-state index in [-0.39, 0.29) is 18.0 Å². The number of nitrogens with zero attached hydrogens (tertiary/aromatic N) is 1. The Kier molecular flexibility index (Phi) is 3.66. The summed E-state index contributed by atoms with van der Waals surface area (Å²) < 4.78 is 25.7. The van der Waals surface area contributed by atoms with Gasteiger partial charge in [-0.1, -0.05) is 11.6 Å². The third-order valence-corrected chi connectivity index (χ3v) is 5.21. The number of rotatable bonds is 2. The zero-order valence-corrected chi connectivity index (χ0v) is 11.3. The summed E-state index contributed by atoms with van der Waals surface area (Å²) in [7, 11) is -3.70. The van der Waals surface area contributed by atoms with Gasteiger partial charge in [-0.2, -0.15) is 4.31 Å². The maximum atomic E-state index is 12.3. The zero-order chi connectivity index (χ0) is 13.5. The monoisotopic (exact) mass is 291 g/mol. The van der Waals surface area contributed by atoms with Crippen molar-refractivity contribution in [2.24, 2.45) is 0 Å². The van der Waals surface area contributed by atoms with Crippen LogP contribution in [0, 0.1) is 6.92 Å². The van der Waals surface area contributed by atoms with Crippen molar-refractivity contribution in [2.45, 2.75) is 24.0 Å². The van der Waals surface area contributed by atoms with E-state index in [2.05, 4.69) is 0 Å². The lowest BCUT2D eigenvalue weighted by Crippen LogP contribution is -2.30. The minimum atomic E-state index is -3.70. The fourth-order valence-corrected chi connectivity index (χ4v) is 3.88. The number of benzene rings is 1. The molecule has 1 aliphatic heterocycles. The molecule has 7 heteroatoms. The van der Waals surface area contributed by atoms with Crippen molar-refractivity contribution >= 4 is 21.6 Å². The van der Waals surface area contributed by atoms with Crippen LogP contribution < -0.4 is 0 Å². The Bertz CT molecular complexity index is 550. The Morgan fingerprint density at radius 2 is 1.83 bits per heavy atom. The number of sulfonamides is 1. The summed E-state index contributed by atoms with van der Waals surface area (Å²) in [5.41, 5.74) is 0.540. The summed E-state index contributed by atoms with van der Waals surface area (Å²) in [5, 5.41) is 19.3. The van der Waals surface area contributed by atoms with E-state index in [1.807, 2.05) is 0 Å². The Labute approximate surface area is 111 Å². The lowest BCUT2D eigenvalue weighted by atomic mass is 10.2. The number of hydrogen-bond acceptors (Lipinski definition) is 4. The van der Waals surface area contributed by atoms with Crippen molar-refractivity contribution in [3.8, 4) is 0 Å². The first-order valence-electron chi connectivity index (χ1n) is 5.45. The molecule has 100 valence electrons. The molecule has 1 fully saturated rings. The molecule has 1 saturated heterocycles. The predicted octanol–water partition coefficient (Wildman–Crippen LogP) is 0.375. The van der Waals surface area contributed by atoms with Crippen LogP contribution in [0.4, 0.5) is 0 Å². The molecule has 0 spiro atoms. The van der Waals surface area contributed by atoms with Gasteiger partial charge in [-0.25, -0.2) is 8.42 Å². The van der Waals surface area contributed by atoms with E-state index in [9.17, 15) is 18.6 Å². The number of hydrogen-bond donors (Lipinski definition) is 2.